The van der Waals surface area contributed by atoms with Crippen molar-refractivity contribution in [3.63, 3.8) is 0 Å². The number of benzene rings is 1. The predicted molar refractivity (Wildman–Crippen MR) is 88.0 cm³/mol. The van der Waals surface area contributed by atoms with E-state index in [1.54, 1.807) is 31.3 Å². The summed E-state index contributed by atoms with van der Waals surface area (Å²) in [5, 5.41) is 3.93. The van der Waals surface area contributed by atoms with Gasteiger partial charge in [0.1, 0.15) is 12.3 Å². The molecule has 0 aliphatic carbocycles. The second-order valence-electron chi connectivity index (χ2n) is 5.58. The molecule has 0 radical (unpaired) electrons. The van der Waals surface area contributed by atoms with Crippen molar-refractivity contribution >= 4 is 5.91 Å². The van der Waals surface area contributed by atoms with Crippen LogP contribution in [0.4, 0.5) is 8.78 Å². The number of carbonyl (C=O) groups is 1. The summed E-state index contributed by atoms with van der Waals surface area (Å²) in [5.41, 5.74) is 0.705. The lowest BCUT2D eigenvalue weighted by Crippen LogP contribution is -2.33. The number of halogens is 2. The van der Waals surface area contributed by atoms with E-state index in [9.17, 15) is 18.4 Å². The normalized spacial score (nSPS) is 11.0. The molecule has 0 N–H and O–H groups in total. The van der Waals surface area contributed by atoms with E-state index in [0.29, 0.717) is 5.56 Å². The summed E-state index contributed by atoms with van der Waals surface area (Å²) in [6, 6.07) is 9.10. The van der Waals surface area contributed by atoms with Gasteiger partial charge in [0, 0.05) is 13.6 Å². The monoisotopic (exact) mass is 379 g/mol. The van der Waals surface area contributed by atoms with Gasteiger partial charge in [-0.3, -0.25) is 4.79 Å². The minimum absolute atomic E-state index is 0.0185. The van der Waals surface area contributed by atoms with Crippen LogP contribution in [0.2, 0.25) is 0 Å². The van der Waals surface area contributed by atoms with Crippen molar-refractivity contribution in [1.82, 2.24) is 14.7 Å². The first-order valence-electron chi connectivity index (χ1n) is 7.82. The van der Waals surface area contributed by atoms with Crippen LogP contribution in [0.25, 0.3) is 11.7 Å². The lowest BCUT2D eigenvalue weighted by Gasteiger charge is -2.17. The van der Waals surface area contributed by atoms with Gasteiger partial charge in [0.25, 0.3) is 5.89 Å². The van der Waals surface area contributed by atoms with Crippen molar-refractivity contribution in [2.75, 3.05) is 7.05 Å². The second kappa shape index (κ2) is 7.85. The van der Waals surface area contributed by atoms with Crippen molar-refractivity contribution in [3.8, 4) is 17.4 Å². The van der Waals surface area contributed by atoms with Gasteiger partial charge < -0.3 is 18.5 Å². The van der Waals surface area contributed by atoms with Gasteiger partial charge in [-0.15, -0.1) is 5.10 Å². The average Bonchev–Trinajstić information content (AvgIpc) is 3.26. The van der Waals surface area contributed by atoms with Crippen LogP contribution in [-0.2, 0) is 17.9 Å². The third-order valence-electron chi connectivity index (χ3n) is 3.62. The summed E-state index contributed by atoms with van der Waals surface area (Å²) in [4.78, 5) is 25.5. The molecule has 0 saturated heterocycles. The number of rotatable bonds is 7. The first kappa shape index (κ1) is 18.4. The van der Waals surface area contributed by atoms with E-state index >= 15 is 0 Å². The zero-order valence-corrected chi connectivity index (χ0v) is 14.2. The Balaban J connectivity index is 1.62. The van der Waals surface area contributed by atoms with Crippen LogP contribution in [-0.4, -0.2) is 34.2 Å². The second-order valence-corrected chi connectivity index (χ2v) is 5.58. The molecule has 0 aliphatic rings. The van der Waals surface area contributed by atoms with E-state index in [0.717, 1.165) is 4.68 Å². The van der Waals surface area contributed by atoms with Crippen LogP contribution in [0.1, 0.15) is 5.56 Å². The summed E-state index contributed by atoms with van der Waals surface area (Å²) < 4.78 is 39.5. The van der Waals surface area contributed by atoms with Crippen molar-refractivity contribution in [3.05, 3.63) is 58.8 Å². The first-order valence-corrected chi connectivity index (χ1v) is 7.82. The third kappa shape index (κ3) is 4.60. The van der Waals surface area contributed by atoms with Gasteiger partial charge in [0.05, 0.1) is 6.26 Å². The molecule has 0 aliphatic heterocycles. The van der Waals surface area contributed by atoms with Crippen LogP contribution in [0, 0.1) is 0 Å². The molecule has 27 heavy (non-hydrogen) atoms. The molecular weight excluding hydrogens is 364 g/mol. The van der Waals surface area contributed by atoms with E-state index in [2.05, 4.69) is 9.84 Å². The lowest BCUT2D eigenvalue weighted by molar-refractivity contribution is -0.131. The van der Waals surface area contributed by atoms with Gasteiger partial charge in [-0.05, 0) is 29.8 Å². The maximum atomic E-state index is 12.3. The fraction of sp³-hybridized carbons (Fsp3) is 0.235. The molecule has 0 fully saturated rings. The molecule has 0 saturated carbocycles. The number of ether oxygens (including phenoxy) is 1. The van der Waals surface area contributed by atoms with E-state index in [1.165, 1.54) is 23.3 Å². The fourth-order valence-corrected chi connectivity index (χ4v) is 2.29. The fourth-order valence-electron chi connectivity index (χ4n) is 2.29. The summed E-state index contributed by atoms with van der Waals surface area (Å²) >= 11 is 0. The lowest BCUT2D eigenvalue weighted by atomic mass is 10.2. The van der Waals surface area contributed by atoms with Crippen LogP contribution >= 0.6 is 0 Å². The zero-order valence-electron chi connectivity index (χ0n) is 14.2. The number of amides is 1. The summed E-state index contributed by atoms with van der Waals surface area (Å²) in [6.45, 7) is -3.00. The highest BCUT2D eigenvalue weighted by Crippen LogP contribution is 2.16. The molecule has 142 valence electrons. The highest BCUT2D eigenvalue weighted by Gasteiger charge is 2.17. The Hall–Kier alpha value is -3.43. The molecule has 8 nitrogen and oxygen atoms in total. The largest absolute Gasteiger partial charge is 0.459 e. The van der Waals surface area contributed by atoms with E-state index < -0.39 is 12.4 Å². The summed E-state index contributed by atoms with van der Waals surface area (Å²) in [6.07, 6.45) is 1.41. The van der Waals surface area contributed by atoms with Crippen LogP contribution in [0.15, 0.2) is 56.3 Å². The third-order valence-corrected chi connectivity index (χ3v) is 3.62. The van der Waals surface area contributed by atoms with Crippen molar-refractivity contribution in [1.29, 1.82) is 0 Å². The minimum atomic E-state index is -2.90. The van der Waals surface area contributed by atoms with Crippen LogP contribution < -0.4 is 10.5 Å². The van der Waals surface area contributed by atoms with Gasteiger partial charge in [0.15, 0.2) is 5.76 Å². The molecule has 0 spiro atoms. The molecular formula is C17H15F2N3O5. The SMILES string of the molecule is CN(Cc1ccc(OC(F)F)cc1)C(=O)Cn1nc(-c2ccco2)oc1=O. The maximum absolute atomic E-state index is 12.3. The average molecular weight is 379 g/mol. The van der Waals surface area contributed by atoms with E-state index in [4.69, 9.17) is 8.83 Å². The Morgan fingerprint density at radius 3 is 2.67 bits per heavy atom. The number of furan rings is 1. The maximum Gasteiger partial charge on any atom is 0.437 e. The Morgan fingerprint density at radius 1 is 1.30 bits per heavy atom. The molecule has 3 rings (SSSR count). The van der Waals surface area contributed by atoms with Gasteiger partial charge >= 0.3 is 12.4 Å². The smallest absolute Gasteiger partial charge is 0.437 e. The number of hydrogen-bond acceptors (Lipinski definition) is 6. The Labute approximate surface area is 151 Å². The molecule has 0 bridgehead atoms. The highest BCUT2D eigenvalue weighted by atomic mass is 19.3. The molecule has 1 aromatic carbocycles. The molecule has 10 heteroatoms. The number of nitrogens with zero attached hydrogens (tertiary/aromatic N) is 3. The van der Waals surface area contributed by atoms with Crippen molar-refractivity contribution < 1.29 is 27.1 Å². The molecule has 1 amide bonds. The number of carbonyl (C=O) groups excluding carboxylic acids is 1. The van der Waals surface area contributed by atoms with E-state index in [-0.39, 0.29) is 36.4 Å². The van der Waals surface area contributed by atoms with Gasteiger partial charge in [0.2, 0.25) is 5.91 Å². The predicted octanol–water partition coefficient (Wildman–Crippen LogP) is 2.36. The minimum Gasteiger partial charge on any atom is -0.459 e. The van der Waals surface area contributed by atoms with E-state index in [1.807, 2.05) is 0 Å². The quantitative estimate of drug-likeness (QED) is 0.626. The zero-order chi connectivity index (χ0) is 19.4. The van der Waals surface area contributed by atoms with Crippen molar-refractivity contribution in [2.45, 2.75) is 19.7 Å². The van der Waals surface area contributed by atoms with Crippen LogP contribution in [0.3, 0.4) is 0 Å². The number of aromatic nitrogens is 2. The molecule has 2 aromatic heterocycles. The Kier molecular flexibility index (Phi) is 5.34. The van der Waals surface area contributed by atoms with Gasteiger partial charge in [-0.25, -0.2) is 4.79 Å². The summed E-state index contributed by atoms with van der Waals surface area (Å²) in [5.74, 6) is -0.879. The summed E-state index contributed by atoms with van der Waals surface area (Å²) in [7, 11) is 1.55. The standard InChI is InChI=1S/C17H15F2N3O5/c1-21(9-11-4-6-12(7-5-11)26-16(18)19)14(23)10-22-17(24)27-15(20-22)13-3-2-8-25-13/h2-8,16H,9-10H2,1H3. The molecule has 0 atom stereocenters. The molecule has 3 aromatic rings. The topological polar surface area (TPSA) is 90.7 Å². The van der Waals surface area contributed by atoms with Crippen LogP contribution in [0.5, 0.6) is 5.75 Å². The number of hydrogen-bond donors (Lipinski definition) is 0. The highest BCUT2D eigenvalue weighted by molar-refractivity contribution is 5.75. The van der Waals surface area contributed by atoms with Crippen molar-refractivity contribution in [2.24, 2.45) is 0 Å². The van der Waals surface area contributed by atoms with Gasteiger partial charge in [-0.2, -0.15) is 13.5 Å². The Bertz CT molecular complexity index is 948. The first-order chi connectivity index (χ1) is 12.9. The number of alkyl halides is 2. The Morgan fingerprint density at radius 2 is 2.04 bits per heavy atom. The molecule has 0 unspecified atom stereocenters. The number of likely N-dealkylation sites (N-methyl/N-ethyl adjacent to an activating group) is 1. The van der Waals surface area contributed by atoms with Gasteiger partial charge in [-0.1, -0.05) is 12.1 Å². The molecule has 2 heterocycles.